The van der Waals surface area contributed by atoms with Crippen LogP contribution in [0.25, 0.3) is 10.9 Å². The highest BCUT2D eigenvalue weighted by Gasteiger charge is 2.11. The molecule has 0 radical (unpaired) electrons. The van der Waals surface area contributed by atoms with E-state index < -0.39 is 11.0 Å². The normalized spacial score (nSPS) is 11.2. The third kappa shape index (κ3) is 7.39. The van der Waals surface area contributed by atoms with Crippen LogP contribution in [0.2, 0.25) is 5.02 Å². The molecule has 1 N–H and O–H groups in total. The van der Waals surface area contributed by atoms with Crippen molar-refractivity contribution < 1.29 is 22.2 Å². The van der Waals surface area contributed by atoms with E-state index in [0.717, 1.165) is 5.69 Å². The molecule has 2 aromatic heterocycles. The van der Waals surface area contributed by atoms with E-state index >= 15 is 0 Å². The van der Waals surface area contributed by atoms with Gasteiger partial charge >= 0.3 is 0 Å². The lowest BCUT2D eigenvalue weighted by Gasteiger charge is -2.12. The maximum Gasteiger partial charge on any atom is 0.257 e. The van der Waals surface area contributed by atoms with Crippen molar-refractivity contribution in [1.29, 1.82) is 0 Å². The SMILES string of the molecule is CC#CC(=NOCCO[SH](=O)=O)c1ccc2ncnc(Nc3ccc(OCc4ccccn4)c(Cl)c3)c2c1. The van der Waals surface area contributed by atoms with Crippen LogP contribution in [-0.4, -0.2) is 42.3 Å². The second kappa shape index (κ2) is 13.3. The predicted octanol–water partition coefficient (Wildman–Crippen LogP) is 4.29. The van der Waals surface area contributed by atoms with Gasteiger partial charge in [0.15, 0.2) is 5.71 Å². The number of fused-ring (bicyclic) bond motifs is 1. The number of aromatic nitrogens is 3. The zero-order chi connectivity index (χ0) is 26.7. The highest BCUT2D eigenvalue weighted by atomic mass is 35.5. The van der Waals surface area contributed by atoms with Crippen molar-refractivity contribution in [2.45, 2.75) is 13.5 Å². The minimum Gasteiger partial charge on any atom is -0.486 e. The number of oxime groups is 1. The van der Waals surface area contributed by atoms with Crippen molar-refractivity contribution in [2.24, 2.45) is 5.16 Å². The fourth-order valence-corrected chi connectivity index (χ4v) is 3.76. The van der Waals surface area contributed by atoms with Crippen LogP contribution >= 0.6 is 11.6 Å². The Labute approximate surface area is 225 Å². The van der Waals surface area contributed by atoms with Gasteiger partial charge in [-0.15, -0.1) is 0 Å². The molecule has 4 aromatic rings. The summed E-state index contributed by atoms with van der Waals surface area (Å²) in [5, 5.41) is 8.45. The number of rotatable bonds is 11. The van der Waals surface area contributed by atoms with Gasteiger partial charge < -0.3 is 14.9 Å². The van der Waals surface area contributed by atoms with Crippen molar-refractivity contribution in [3.8, 4) is 17.6 Å². The number of thiol groups is 1. The molecule has 10 nitrogen and oxygen atoms in total. The van der Waals surface area contributed by atoms with Crippen molar-refractivity contribution in [3.05, 3.63) is 83.4 Å². The Hall–Kier alpha value is -4.24. The molecule has 2 aromatic carbocycles. The number of halogens is 1. The van der Waals surface area contributed by atoms with Gasteiger partial charge in [-0.3, -0.25) is 9.17 Å². The molecule has 4 rings (SSSR count). The molecule has 0 amide bonds. The van der Waals surface area contributed by atoms with Crippen LogP contribution in [0.5, 0.6) is 5.75 Å². The molecule has 38 heavy (non-hydrogen) atoms. The first-order valence-corrected chi connectivity index (χ1v) is 12.8. The molecule has 194 valence electrons. The number of benzene rings is 2. The second-order valence-corrected chi connectivity index (χ2v) is 8.65. The number of nitrogens with one attached hydrogen (secondary N) is 1. The monoisotopic (exact) mass is 551 g/mol. The number of ether oxygens (including phenoxy) is 1. The summed E-state index contributed by atoms with van der Waals surface area (Å²) < 4.78 is 31.2. The quantitative estimate of drug-likeness (QED) is 0.0923. The van der Waals surface area contributed by atoms with Crippen LogP contribution in [0, 0.1) is 11.8 Å². The summed E-state index contributed by atoms with van der Waals surface area (Å²) in [6.07, 6.45) is 3.17. The van der Waals surface area contributed by atoms with Crippen LogP contribution in [0.1, 0.15) is 18.2 Å². The largest absolute Gasteiger partial charge is 0.486 e. The third-order valence-corrected chi connectivity index (χ3v) is 5.66. The van der Waals surface area contributed by atoms with Gasteiger partial charge in [0.05, 0.1) is 16.2 Å². The topological polar surface area (TPSA) is 125 Å². The number of anilines is 2. The maximum absolute atomic E-state index is 10.5. The molecule has 0 aliphatic heterocycles. The van der Waals surface area contributed by atoms with E-state index in [1.54, 1.807) is 31.3 Å². The molecular formula is C26H22ClN5O5S. The predicted molar refractivity (Wildman–Crippen MR) is 145 cm³/mol. The number of pyridine rings is 1. The first kappa shape index (κ1) is 26.8. The van der Waals surface area contributed by atoms with Gasteiger partial charge in [-0.25, -0.2) is 18.4 Å². The number of nitrogens with zero attached hydrogens (tertiary/aromatic N) is 4. The first-order valence-electron chi connectivity index (χ1n) is 11.3. The molecule has 0 aliphatic carbocycles. The molecule has 0 saturated heterocycles. The molecule has 0 unspecified atom stereocenters. The van der Waals surface area contributed by atoms with Crippen LogP contribution < -0.4 is 10.1 Å². The van der Waals surface area contributed by atoms with Gasteiger partial charge in [0, 0.05) is 22.8 Å². The lowest BCUT2D eigenvalue weighted by Crippen LogP contribution is -2.04. The van der Waals surface area contributed by atoms with Gasteiger partial charge in [-0.2, -0.15) is 0 Å². The van der Waals surface area contributed by atoms with E-state index in [9.17, 15) is 8.42 Å². The molecule has 0 spiro atoms. The number of hydrogen-bond acceptors (Lipinski definition) is 10. The summed E-state index contributed by atoms with van der Waals surface area (Å²) in [6, 6.07) is 16.4. The van der Waals surface area contributed by atoms with E-state index in [0.29, 0.717) is 51.1 Å². The van der Waals surface area contributed by atoms with Crippen LogP contribution in [0.15, 0.2) is 72.3 Å². The minimum absolute atomic E-state index is 0.0516. The highest BCUT2D eigenvalue weighted by Crippen LogP contribution is 2.31. The van der Waals surface area contributed by atoms with Gasteiger partial charge in [0.25, 0.3) is 11.0 Å². The Morgan fingerprint density at radius 1 is 1.08 bits per heavy atom. The molecule has 0 fully saturated rings. The van der Waals surface area contributed by atoms with Crippen molar-refractivity contribution in [1.82, 2.24) is 15.0 Å². The Morgan fingerprint density at radius 2 is 1.97 bits per heavy atom. The fourth-order valence-electron chi connectivity index (χ4n) is 3.30. The Morgan fingerprint density at radius 3 is 2.74 bits per heavy atom. The van der Waals surface area contributed by atoms with Crippen LogP contribution in [0.3, 0.4) is 0 Å². The first-order chi connectivity index (χ1) is 18.5. The molecule has 12 heteroatoms. The van der Waals surface area contributed by atoms with Crippen LogP contribution in [0.4, 0.5) is 11.5 Å². The molecule has 0 aliphatic rings. The highest BCUT2D eigenvalue weighted by molar-refractivity contribution is 7.67. The summed E-state index contributed by atoms with van der Waals surface area (Å²) in [5.41, 5.74) is 3.21. The van der Waals surface area contributed by atoms with Gasteiger partial charge in [-0.05, 0) is 61.4 Å². The van der Waals surface area contributed by atoms with Gasteiger partial charge in [0.2, 0.25) is 0 Å². The van der Waals surface area contributed by atoms with Gasteiger partial charge in [0.1, 0.15) is 37.7 Å². The van der Waals surface area contributed by atoms with Crippen molar-refractivity contribution in [3.63, 3.8) is 0 Å². The summed E-state index contributed by atoms with van der Waals surface area (Å²) in [6.45, 7) is 1.77. The zero-order valence-corrected chi connectivity index (χ0v) is 21.8. The van der Waals surface area contributed by atoms with Gasteiger partial charge in [-0.1, -0.05) is 28.7 Å². The average Bonchev–Trinajstić information content (AvgIpc) is 2.92. The molecular weight excluding hydrogens is 530 g/mol. The number of hydrogen-bond donors (Lipinski definition) is 2. The Bertz CT molecular complexity index is 1580. The van der Waals surface area contributed by atoms with E-state index in [-0.39, 0.29) is 13.2 Å². The summed E-state index contributed by atoms with van der Waals surface area (Å²) in [4.78, 5) is 18.1. The van der Waals surface area contributed by atoms with Crippen molar-refractivity contribution in [2.75, 3.05) is 18.5 Å². The standard InChI is InChI=1S/C26H22ClN5O5S/c1-2-5-23(32-36-12-13-37-38(33)34)18-7-9-24-21(14-18)26(30-17-29-24)31-19-8-10-25(22(27)15-19)35-16-20-6-3-4-11-28-20/h3-4,6-11,14-15,17,38H,12-13,16H2,1H3,(H,29,30,31). The van der Waals surface area contributed by atoms with E-state index in [2.05, 4.69) is 41.4 Å². The third-order valence-electron chi connectivity index (χ3n) is 4.98. The van der Waals surface area contributed by atoms with Crippen LogP contribution in [-0.2, 0) is 26.6 Å². The van der Waals surface area contributed by atoms with E-state index in [1.165, 1.54) is 6.33 Å². The zero-order valence-electron chi connectivity index (χ0n) is 20.1. The van der Waals surface area contributed by atoms with Crippen molar-refractivity contribution >= 4 is 50.7 Å². The summed E-state index contributed by atoms with van der Waals surface area (Å²) in [7, 11) is -2.94. The second-order valence-electron chi connectivity index (χ2n) is 7.54. The lowest BCUT2D eigenvalue weighted by atomic mass is 10.1. The molecule has 0 saturated carbocycles. The molecule has 2 heterocycles. The summed E-state index contributed by atoms with van der Waals surface area (Å²) >= 11 is 6.46. The Kier molecular flexibility index (Phi) is 9.42. The molecule has 0 atom stereocenters. The maximum atomic E-state index is 10.5. The molecule has 0 bridgehead atoms. The lowest BCUT2D eigenvalue weighted by molar-refractivity contribution is 0.111. The summed E-state index contributed by atoms with van der Waals surface area (Å²) in [5.74, 6) is 6.76. The smallest absolute Gasteiger partial charge is 0.257 e. The Balaban J connectivity index is 1.53. The average molecular weight is 552 g/mol. The minimum atomic E-state index is -2.94. The van der Waals surface area contributed by atoms with E-state index in [1.807, 2.05) is 36.4 Å². The fraction of sp³-hybridized carbons (Fsp3) is 0.154. The van der Waals surface area contributed by atoms with E-state index in [4.69, 9.17) is 21.2 Å².